The zero-order valence-corrected chi connectivity index (χ0v) is 10.3. The van der Waals surface area contributed by atoms with Crippen molar-refractivity contribution in [1.29, 1.82) is 0 Å². The molecule has 0 fully saturated rings. The van der Waals surface area contributed by atoms with Gasteiger partial charge in [0.1, 0.15) is 6.10 Å². The standard InChI is InChI=1S/C11H10BrNOS/c12-8-5-6-15-11(8)10(14)7-3-1-2-4-9(7)13/h1-6,10,14H,13H2. The summed E-state index contributed by atoms with van der Waals surface area (Å²) >= 11 is 4.91. The largest absolute Gasteiger partial charge is 0.398 e. The van der Waals surface area contributed by atoms with E-state index in [1.165, 1.54) is 11.3 Å². The zero-order valence-electron chi connectivity index (χ0n) is 7.85. The summed E-state index contributed by atoms with van der Waals surface area (Å²) in [6.07, 6.45) is -0.652. The number of nitrogen functional groups attached to an aromatic ring is 1. The summed E-state index contributed by atoms with van der Waals surface area (Å²) < 4.78 is 0.920. The second-order valence-electron chi connectivity index (χ2n) is 3.16. The van der Waals surface area contributed by atoms with Crippen molar-refractivity contribution >= 4 is 33.0 Å². The molecule has 0 saturated heterocycles. The smallest absolute Gasteiger partial charge is 0.116 e. The van der Waals surface area contributed by atoms with Gasteiger partial charge in [0.2, 0.25) is 0 Å². The molecule has 2 rings (SSSR count). The maximum Gasteiger partial charge on any atom is 0.116 e. The summed E-state index contributed by atoms with van der Waals surface area (Å²) in [6.45, 7) is 0. The molecule has 1 atom stereocenters. The van der Waals surface area contributed by atoms with E-state index in [-0.39, 0.29) is 0 Å². The third-order valence-electron chi connectivity index (χ3n) is 2.18. The summed E-state index contributed by atoms with van der Waals surface area (Å²) in [7, 11) is 0. The molecular formula is C11H10BrNOS. The molecule has 78 valence electrons. The summed E-state index contributed by atoms with van der Waals surface area (Å²) in [4.78, 5) is 0.882. The van der Waals surface area contributed by atoms with Crippen LogP contribution in [0.4, 0.5) is 5.69 Å². The van der Waals surface area contributed by atoms with Crippen molar-refractivity contribution in [3.8, 4) is 0 Å². The van der Waals surface area contributed by atoms with Crippen molar-refractivity contribution in [2.24, 2.45) is 0 Å². The number of hydrogen-bond acceptors (Lipinski definition) is 3. The zero-order chi connectivity index (χ0) is 10.8. The number of para-hydroxylation sites is 1. The molecule has 3 N–H and O–H groups in total. The number of aliphatic hydroxyl groups is 1. The molecule has 15 heavy (non-hydrogen) atoms. The average molecular weight is 284 g/mol. The number of hydrogen-bond donors (Lipinski definition) is 2. The number of halogens is 1. The summed E-state index contributed by atoms with van der Waals surface area (Å²) in [5, 5.41) is 12.1. The van der Waals surface area contributed by atoms with Gasteiger partial charge in [-0.1, -0.05) is 18.2 Å². The second-order valence-corrected chi connectivity index (χ2v) is 4.97. The van der Waals surface area contributed by atoms with Crippen LogP contribution in [-0.2, 0) is 0 Å². The monoisotopic (exact) mass is 283 g/mol. The van der Waals surface area contributed by atoms with Crippen LogP contribution in [0.1, 0.15) is 16.5 Å². The van der Waals surface area contributed by atoms with Crippen LogP contribution in [0.2, 0.25) is 0 Å². The number of thiophene rings is 1. The number of rotatable bonds is 2. The number of nitrogens with two attached hydrogens (primary N) is 1. The first-order valence-corrected chi connectivity index (χ1v) is 6.13. The molecule has 0 aliphatic heterocycles. The van der Waals surface area contributed by atoms with Crippen molar-refractivity contribution in [1.82, 2.24) is 0 Å². The van der Waals surface area contributed by atoms with Gasteiger partial charge in [-0.2, -0.15) is 0 Å². The lowest BCUT2D eigenvalue weighted by Gasteiger charge is -2.12. The Morgan fingerprint density at radius 2 is 2.00 bits per heavy atom. The van der Waals surface area contributed by atoms with E-state index in [0.29, 0.717) is 5.69 Å². The Labute approximate surface area is 100 Å². The first-order chi connectivity index (χ1) is 7.20. The minimum Gasteiger partial charge on any atom is -0.398 e. The fraction of sp³-hybridized carbons (Fsp3) is 0.0909. The van der Waals surface area contributed by atoms with Crippen molar-refractivity contribution in [3.63, 3.8) is 0 Å². The van der Waals surface area contributed by atoms with E-state index in [2.05, 4.69) is 15.9 Å². The summed E-state index contributed by atoms with van der Waals surface area (Å²) in [5.41, 5.74) is 7.17. The predicted octanol–water partition coefficient (Wildman–Crippen LogP) is 3.17. The van der Waals surface area contributed by atoms with Gasteiger partial charge >= 0.3 is 0 Å². The van der Waals surface area contributed by atoms with Crippen LogP contribution < -0.4 is 5.73 Å². The van der Waals surface area contributed by atoms with Crippen LogP contribution in [-0.4, -0.2) is 5.11 Å². The molecular weight excluding hydrogens is 274 g/mol. The van der Waals surface area contributed by atoms with E-state index in [1.807, 2.05) is 29.6 Å². The van der Waals surface area contributed by atoms with Crippen molar-refractivity contribution < 1.29 is 5.11 Å². The van der Waals surface area contributed by atoms with E-state index in [4.69, 9.17) is 5.73 Å². The first-order valence-electron chi connectivity index (χ1n) is 4.45. The lowest BCUT2D eigenvalue weighted by molar-refractivity contribution is 0.224. The molecule has 1 unspecified atom stereocenters. The molecule has 1 aromatic heterocycles. The van der Waals surface area contributed by atoms with E-state index in [9.17, 15) is 5.11 Å². The maximum atomic E-state index is 10.1. The Morgan fingerprint density at radius 1 is 1.27 bits per heavy atom. The predicted molar refractivity (Wildman–Crippen MR) is 66.9 cm³/mol. The van der Waals surface area contributed by atoms with Crippen LogP contribution >= 0.6 is 27.3 Å². The Balaban J connectivity index is 2.41. The molecule has 1 aromatic carbocycles. The third-order valence-corrected chi connectivity index (χ3v) is 4.11. The van der Waals surface area contributed by atoms with E-state index < -0.39 is 6.10 Å². The van der Waals surface area contributed by atoms with Gasteiger partial charge in [0.25, 0.3) is 0 Å². The van der Waals surface area contributed by atoms with Crippen molar-refractivity contribution in [2.45, 2.75) is 6.10 Å². The van der Waals surface area contributed by atoms with Gasteiger partial charge in [0, 0.05) is 15.7 Å². The van der Waals surface area contributed by atoms with E-state index >= 15 is 0 Å². The van der Waals surface area contributed by atoms with Crippen LogP contribution in [0.25, 0.3) is 0 Å². The Kier molecular flexibility index (Phi) is 3.09. The van der Waals surface area contributed by atoms with Crippen molar-refractivity contribution in [2.75, 3.05) is 5.73 Å². The molecule has 4 heteroatoms. The second kappa shape index (κ2) is 4.35. The Morgan fingerprint density at radius 3 is 2.60 bits per heavy atom. The fourth-order valence-electron chi connectivity index (χ4n) is 1.40. The maximum absolute atomic E-state index is 10.1. The Hall–Kier alpha value is -0.840. The van der Waals surface area contributed by atoms with E-state index in [1.54, 1.807) is 6.07 Å². The van der Waals surface area contributed by atoms with Crippen LogP contribution in [0.3, 0.4) is 0 Å². The van der Waals surface area contributed by atoms with Gasteiger partial charge < -0.3 is 10.8 Å². The molecule has 0 bridgehead atoms. The molecule has 2 aromatic rings. The Bertz CT molecular complexity index is 469. The molecule has 0 radical (unpaired) electrons. The highest BCUT2D eigenvalue weighted by Crippen LogP contribution is 2.34. The van der Waals surface area contributed by atoms with Crippen LogP contribution in [0.5, 0.6) is 0 Å². The van der Waals surface area contributed by atoms with Gasteiger partial charge in [-0.25, -0.2) is 0 Å². The molecule has 0 spiro atoms. The summed E-state index contributed by atoms with van der Waals surface area (Å²) in [5.74, 6) is 0. The molecule has 0 saturated carbocycles. The highest BCUT2D eigenvalue weighted by molar-refractivity contribution is 9.10. The average Bonchev–Trinajstić information content (AvgIpc) is 2.64. The fourth-order valence-corrected chi connectivity index (χ4v) is 2.99. The van der Waals surface area contributed by atoms with E-state index in [0.717, 1.165) is 14.9 Å². The molecule has 0 aliphatic rings. The molecule has 1 heterocycles. The highest BCUT2D eigenvalue weighted by atomic mass is 79.9. The topological polar surface area (TPSA) is 46.2 Å². The quantitative estimate of drug-likeness (QED) is 0.832. The van der Waals surface area contributed by atoms with Gasteiger partial charge in [-0.05, 0) is 33.4 Å². The lowest BCUT2D eigenvalue weighted by Crippen LogP contribution is -2.02. The normalized spacial score (nSPS) is 12.7. The van der Waals surface area contributed by atoms with Crippen LogP contribution in [0.15, 0.2) is 40.2 Å². The number of benzene rings is 1. The van der Waals surface area contributed by atoms with Gasteiger partial charge in [0.15, 0.2) is 0 Å². The minimum absolute atomic E-state index is 0.616. The molecule has 0 amide bonds. The SMILES string of the molecule is Nc1ccccc1C(O)c1sccc1Br. The molecule has 0 aliphatic carbocycles. The first kappa shape index (κ1) is 10.7. The highest BCUT2D eigenvalue weighted by Gasteiger charge is 2.16. The number of anilines is 1. The minimum atomic E-state index is -0.652. The summed E-state index contributed by atoms with van der Waals surface area (Å²) in [6, 6.07) is 9.28. The van der Waals surface area contributed by atoms with Crippen LogP contribution in [0, 0.1) is 0 Å². The van der Waals surface area contributed by atoms with Gasteiger partial charge in [-0.15, -0.1) is 11.3 Å². The van der Waals surface area contributed by atoms with Gasteiger partial charge in [0.05, 0.1) is 4.88 Å². The van der Waals surface area contributed by atoms with Gasteiger partial charge in [-0.3, -0.25) is 0 Å². The molecule has 2 nitrogen and oxygen atoms in total. The lowest BCUT2D eigenvalue weighted by atomic mass is 10.1. The number of aliphatic hydroxyl groups excluding tert-OH is 1. The third kappa shape index (κ3) is 2.07. The van der Waals surface area contributed by atoms with Crippen molar-refractivity contribution in [3.05, 3.63) is 50.6 Å².